The molecule has 0 saturated carbocycles. The third kappa shape index (κ3) is 3.66. The van der Waals surface area contributed by atoms with Crippen molar-refractivity contribution in [3.8, 4) is 0 Å². The summed E-state index contributed by atoms with van der Waals surface area (Å²) in [6.45, 7) is 8.04. The van der Waals surface area contributed by atoms with E-state index in [1.54, 1.807) is 6.92 Å². The molecule has 0 heterocycles. The molecule has 1 rings (SSSR count). The first-order chi connectivity index (χ1) is 7.73. The third-order valence-corrected chi connectivity index (χ3v) is 2.83. The number of rotatable bonds is 3. The van der Waals surface area contributed by atoms with Gasteiger partial charge < -0.3 is 10.8 Å². The van der Waals surface area contributed by atoms with Crippen molar-refractivity contribution in [1.29, 1.82) is 0 Å². The molecule has 0 fully saturated rings. The van der Waals surface area contributed by atoms with E-state index in [1.807, 2.05) is 20.8 Å². The van der Waals surface area contributed by atoms with Crippen LogP contribution in [-0.4, -0.2) is 29.2 Å². The van der Waals surface area contributed by atoms with Crippen LogP contribution in [0.25, 0.3) is 0 Å². The van der Waals surface area contributed by atoms with Crippen molar-refractivity contribution < 1.29 is 9.90 Å². The molecule has 3 N–H and O–H groups in total. The van der Waals surface area contributed by atoms with Crippen LogP contribution in [0.3, 0.4) is 0 Å². The summed E-state index contributed by atoms with van der Waals surface area (Å²) >= 11 is 0. The lowest BCUT2D eigenvalue weighted by Gasteiger charge is -2.29. The van der Waals surface area contributed by atoms with Gasteiger partial charge in [-0.1, -0.05) is 13.8 Å². The Morgan fingerprint density at radius 1 is 1.53 bits per heavy atom. The average molecular weight is 238 g/mol. The van der Waals surface area contributed by atoms with Crippen LogP contribution in [0.1, 0.15) is 40.5 Å². The van der Waals surface area contributed by atoms with Gasteiger partial charge in [-0.2, -0.15) is 0 Å². The summed E-state index contributed by atoms with van der Waals surface area (Å²) in [5.74, 6) is 0.141. The van der Waals surface area contributed by atoms with Crippen LogP contribution in [-0.2, 0) is 4.79 Å². The number of aliphatic imine (C=N–C) groups is 1. The highest BCUT2D eigenvalue weighted by molar-refractivity contribution is 6.22. The largest absolute Gasteiger partial charge is 0.511 e. The molecule has 0 aromatic heterocycles. The molecule has 0 radical (unpaired) electrons. The van der Waals surface area contributed by atoms with E-state index in [0.717, 1.165) is 0 Å². The number of carbonyl (C=O) groups excluding carboxylic acids is 1. The highest BCUT2D eigenvalue weighted by Crippen LogP contribution is 2.36. The molecule has 0 aromatic carbocycles. The highest BCUT2D eigenvalue weighted by Gasteiger charge is 2.33. The van der Waals surface area contributed by atoms with Gasteiger partial charge in [0.05, 0.1) is 12.1 Å². The Morgan fingerprint density at radius 2 is 2.12 bits per heavy atom. The lowest BCUT2D eigenvalue weighted by atomic mass is 9.76. The minimum Gasteiger partial charge on any atom is -0.511 e. The number of aliphatic hydroxyl groups excluding tert-OH is 1. The summed E-state index contributed by atoms with van der Waals surface area (Å²) in [4.78, 5) is 16.2. The van der Waals surface area contributed by atoms with Gasteiger partial charge >= 0.3 is 0 Å². The number of carbonyl (C=O) groups is 1. The monoisotopic (exact) mass is 238 g/mol. The fourth-order valence-corrected chi connectivity index (χ4v) is 2.06. The minimum absolute atomic E-state index is 0.0234. The zero-order valence-electron chi connectivity index (χ0n) is 11.1. The molecular formula is C13H22N2O2. The van der Waals surface area contributed by atoms with E-state index in [2.05, 4.69) is 4.99 Å². The van der Waals surface area contributed by atoms with Crippen LogP contribution in [0.15, 0.2) is 16.3 Å². The van der Waals surface area contributed by atoms with Crippen LogP contribution < -0.4 is 5.73 Å². The van der Waals surface area contributed by atoms with E-state index in [1.165, 1.54) is 0 Å². The highest BCUT2D eigenvalue weighted by atomic mass is 16.3. The smallest absolute Gasteiger partial charge is 0.168 e. The van der Waals surface area contributed by atoms with Crippen molar-refractivity contribution in [3.63, 3.8) is 0 Å². The Bertz CT molecular complexity index is 379. The van der Waals surface area contributed by atoms with Crippen LogP contribution in [0.2, 0.25) is 0 Å². The Balaban J connectivity index is 2.96. The first-order valence-corrected chi connectivity index (χ1v) is 5.95. The standard InChI is InChI=1S/C13H22N2O2/c1-8(14)7-15-9(2)12-10(16)5-13(3,4)6-11(12)17/h8,16H,5-7,14H2,1-4H3/t8-/m1/s1. The predicted molar refractivity (Wildman–Crippen MR) is 69.3 cm³/mol. The summed E-state index contributed by atoms with van der Waals surface area (Å²) < 4.78 is 0. The lowest BCUT2D eigenvalue weighted by molar-refractivity contribution is -0.117. The van der Waals surface area contributed by atoms with Crippen molar-refractivity contribution in [2.24, 2.45) is 16.1 Å². The van der Waals surface area contributed by atoms with Gasteiger partial charge in [0.1, 0.15) is 5.76 Å². The van der Waals surface area contributed by atoms with Crippen molar-refractivity contribution in [2.75, 3.05) is 6.54 Å². The number of nitrogens with zero attached hydrogens (tertiary/aromatic N) is 1. The topological polar surface area (TPSA) is 75.7 Å². The maximum atomic E-state index is 12.0. The average Bonchev–Trinajstić information content (AvgIpc) is 2.11. The lowest BCUT2D eigenvalue weighted by Crippen LogP contribution is -2.29. The Kier molecular flexibility index (Phi) is 4.09. The van der Waals surface area contributed by atoms with Crippen molar-refractivity contribution >= 4 is 11.5 Å². The van der Waals surface area contributed by atoms with Gasteiger partial charge in [0.25, 0.3) is 0 Å². The molecule has 0 bridgehead atoms. The number of ketones is 1. The van der Waals surface area contributed by atoms with Gasteiger partial charge in [0.15, 0.2) is 5.78 Å². The molecule has 4 nitrogen and oxygen atoms in total. The third-order valence-electron chi connectivity index (χ3n) is 2.83. The van der Waals surface area contributed by atoms with Crippen LogP contribution in [0, 0.1) is 5.41 Å². The molecule has 1 aliphatic rings. The summed E-state index contributed by atoms with van der Waals surface area (Å²) in [5, 5.41) is 9.96. The molecule has 0 amide bonds. The molecule has 0 spiro atoms. The van der Waals surface area contributed by atoms with Gasteiger partial charge in [-0.15, -0.1) is 0 Å². The quantitative estimate of drug-likeness (QED) is 0.738. The first kappa shape index (κ1) is 13.9. The van der Waals surface area contributed by atoms with E-state index < -0.39 is 0 Å². The molecule has 1 aliphatic carbocycles. The van der Waals surface area contributed by atoms with Crippen molar-refractivity contribution in [2.45, 2.75) is 46.6 Å². The molecule has 4 heteroatoms. The van der Waals surface area contributed by atoms with E-state index in [-0.39, 0.29) is 23.0 Å². The second kappa shape index (κ2) is 5.00. The van der Waals surface area contributed by atoms with Gasteiger partial charge in [-0.3, -0.25) is 9.79 Å². The van der Waals surface area contributed by atoms with Crippen molar-refractivity contribution in [3.05, 3.63) is 11.3 Å². The Hall–Kier alpha value is -1.16. The summed E-state index contributed by atoms with van der Waals surface area (Å²) in [7, 11) is 0. The minimum atomic E-state index is -0.161. The number of Topliss-reactive ketones (excluding diaryl/α,β-unsaturated/α-hetero) is 1. The zero-order valence-corrected chi connectivity index (χ0v) is 11.1. The normalized spacial score (nSPS) is 22.9. The predicted octanol–water partition coefficient (Wildman–Crippen LogP) is 2.00. The van der Waals surface area contributed by atoms with E-state index >= 15 is 0 Å². The fourth-order valence-electron chi connectivity index (χ4n) is 2.06. The van der Waals surface area contributed by atoms with Gasteiger partial charge in [-0.05, 0) is 19.3 Å². The second-order valence-corrected chi connectivity index (χ2v) is 5.67. The number of hydrogen-bond acceptors (Lipinski definition) is 4. The van der Waals surface area contributed by atoms with E-state index in [4.69, 9.17) is 5.73 Å². The van der Waals surface area contributed by atoms with Crippen molar-refractivity contribution in [1.82, 2.24) is 0 Å². The molecule has 17 heavy (non-hydrogen) atoms. The summed E-state index contributed by atoms with van der Waals surface area (Å²) in [6.07, 6.45) is 0.983. The zero-order chi connectivity index (χ0) is 13.2. The second-order valence-electron chi connectivity index (χ2n) is 5.67. The Labute approximate surface area is 103 Å². The summed E-state index contributed by atoms with van der Waals surface area (Å²) in [6, 6.07) is -0.0390. The maximum Gasteiger partial charge on any atom is 0.168 e. The maximum absolute atomic E-state index is 12.0. The molecule has 0 aliphatic heterocycles. The number of aliphatic hydroxyl groups is 1. The van der Waals surface area contributed by atoms with Crippen LogP contribution in [0.4, 0.5) is 0 Å². The SMILES string of the molecule is CC(=NC[C@@H](C)N)C1=C(O)CC(C)(C)CC1=O. The van der Waals surface area contributed by atoms with Gasteiger partial charge in [-0.25, -0.2) is 0 Å². The summed E-state index contributed by atoms with van der Waals surface area (Å²) in [5.41, 5.74) is 6.44. The Morgan fingerprint density at radius 3 is 2.59 bits per heavy atom. The number of allylic oxidation sites excluding steroid dienone is 2. The van der Waals surface area contributed by atoms with Crippen LogP contribution >= 0.6 is 0 Å². The molecule has 96 valence electrons. The first-order valence-electron chi connectivity index (χ1n) is 5.95. The number of hydrogen-bond donors (Lipinski definition) is 2. The van der Waals surface area contributed by atoms with Gasteiger partial charge in [0, 0.05) is 24.6 Å². The van der Waals surface area contributed by atoms with E-state index in [0.29, 0.717) is 30.7 Å². The van der Waals surface area contributed by atoms with Gasteiger partial charge in [0.2, 0.25) is 0 Å². The van der Waals surface area contributed by atoms with E-state index in [9.17, 15) is 9.90 Å². The molecule has 0 unspecified atom stereocenters. The molecular weight excluding hydrogens is 216 g/mol. The molecule has 1 atom stereocenters. The fraction of sp³-hybridized carbons (Fsp3) is 0.692. The molecule has 0 aromatic rings. The molecule has 0 saturated heterocycles. The number of nitrogens with two attached hydrogens (primary N) is 1. The van der Waals surface area contributed by atoms with Crippen LogP contribution in [0.5, 0.6) is 0 Å².